The van der Waals surface area contributed by atoms with Crippen LogP contribution in [-0.2, 0) is 11.3 Å². The molecule has 8 nitrogen and oxygen atoms in total. The fraction of sp³-hybridized carbons (Fsp3) is 0.348. The summed E-state index contributed by atoms with van der Waals surface area (Å²) < 4.78 is 25.7. The first kappa shape index (κ1) is 25.4. The Morgan fingerprint density at radius 2 is 2.00 bits per heavy atom. The quantitative estimate of drug-likeness (QED) is 0.506. The highest BCUT2D eigenvalue weighted by atomic mass is 19.1. The van der Waals surface area contributed by atoms with Gasteiger partial charge in [0, 0.05) is 6.20 Å². The summed E-state index contributed by atoms with van der Waals surface area (Å²) in [5.41, 5.74) is -0.573. The molecule has 0 saturated heterocycles. The van der Waals surface area contributed by atoms with Crippen molar-refractivity contribution in [1.29, 1.82) is 5.26 Å². The summed E-state index contributed by atoms with van der Waals surface area (Å²) >= 11 is 0. The van der Waals surface area contributed by atoms with Crippen LogP contribution in [0.15, 0.2) is 40.1 Å². The Hall–Kier alpha value is -3.87. The monoisotopic (exact) mass is 457 g/mol. The fourth-order valence-electron chi connectivity index (χ4n) is 3.12. The third-order valence-corrected chi connectivity index (χ3v) is 5.02. The molecule has 1 aliphatic carbocycles. The van der Waals surface area contributed by atoms with Crippen LogP contribution in [0.25, 0.3) is 10.9 Å². The number of carbonyl (C=O) groups is 1. The summed E-state index contributed by atoms with van der Waals surface area (Å²) in [6.45, 7) is 2.30. The molecule has 1 fully saturated rings. The van der Waals surface area contributed by atoms with Crippen LogP contribution in [0.1, 0.15) is 50.3 Å². The summed E-state index contributed by atoms with van der Waals surface area (Å²) in [7, 11) is 0. The molecule has 10 heteroatoms. The highest BCUT2D eigenvalue weighted by Gasteiger charge is 2.14. The summed E-state index contributed by atoms with van der Waals surface area (Å²) in [5, 5.41) is 10.8. The average molecular weight is 457 g/mol. The number of benzene rings is 1. The number of nitrogens with zero attached hydrogens (tertiary/aromatic N) is 2. The molecule has 3 N–H and O–H groups in total. The normalized spacial score (nSPS) is 12.3. The van der Waals surface area contributed by atoms with E-state index >= 15 is 0 Å². The Labute approximate surface area is 188 Å². The Bertz CT molecular complexity index is 1230. The maximum Gasteiger partial charge on any atom is 0.326 e. The van der Waals surface area contributed by atoms with Crippen LogP contribution < -0.4 is 16.6 Å². The van der Waals surface area contributed by atoms with E-state index in [0.717, 1.165) is 18.1 Å². The molecule has 1 aliphatic rings. The van der Waals surface area contributed by atoms with Gasteiger partial charge in [0.25, 0.3) is 5.56 Å². The van der Waals surface area contributed by atoms with Crippen LogP contribution in [0.5, 0.6) is 0 Å². The number of carbonyl (C=O) groups excluding carboxylic acids is 1. The van der Waals surface area contributed by atoms with Crippen molar-refractivity contribution in [2.75, 3.05) is 0 Å². The number of halogens is 2. The minimum absolute atomic E-state index is 0.0288. The summed E-state index contributed by atoms with van der Waals surface area (Å²) in [6.07, 6.45) is 9.14. The van der Waals surface area contributed by atoms with Crippen LogP contribution in [0, 0.1) is 28.9 Å². The molecule has 2 aromatic heterocycles. The van der Waals surface area contributed by atoms with E-state index in [0.29, 0.717) is 11.9 Å². The summed E-state index contributed by atoms with van der Waals surface area (Å²) in [6, 6.07) is 6.44. The topological polar surface area (TPSA) is 131 Å². The highest BCUT2D eigenvalue weighted by Crippen LogP contribution is 2.29. The second kappa shape index (κ2) is 12.9. The van der Waals surface area contributed by atoms with Gasteiger partial charge in [-0.05, 0) is 30.2 Å². The van der Waals surface area contributed by atoms with Gasteiger partial charge in [0.2, 0.25) is 6.41 Å². The molecule has 2 heterocycles. The van der Waals surface area contributed by atoms with Crippen LogP contribution >= 0.6 is 0 Å². The lowest BCUT2D eigenvalue weighted by Gasteiger charge is -2.24. The number of aromatic nitrogens is 3. The molecule has 0 radical (unpaired) electrons. The Kier molecular flexibility index (Phi) is 9.89. The van der Waals surface area contributed by atoms with Gasteiger partial charge in [0.1, 0.15) is 17.7 Å². The molecule has 33 heavy (non-hydrogen) atoms. The maximum atomic E-state index is 13.0. The van der Waals surface area contributed by atoms with Gasteiger partial charge < -0.3 is 10.3 Å². The van der Waals surface area contributed by atoms with E-state index in [2.05, 4.69) is 22.2 Å². The van der Waals surface area contributed by atoms with Crippen LogP contribution in [0.2, 0.25) is 0 Å². The zero-order valence-electron chi connectivity index (χ0n) is 18.2. The highest BCUT2D eigenvalue weighted by molar-refractivity contribution is 5.76. The lowest BCUT2D eigenvalue weighted by Crippen LogP contribution is -2.21. The van der Waals surface area contributed by atoms with Crippen LogP contribution in [-0.4, -0.2) is 21.4 Å². The lowest BCUT2D eigenvalue weighted by molar-refractivity contribution is -0.109. The summed E-state index contributed by atoms with van der Waals surface area (Å²) in [4.78, 5) is 39.8. The van der Waals surface area contributed by atoms with Gasteiger partial charge in [-0.3, -0.25) is 19.6 Å². The van der Waals surface area contributed by atoms with Gasteiger partial charge in [-0.25, -0.2) is 13.6 Å². The molecule has 0 spiro atoms. The molecule has 3 aromatic rings. The van der Waals surface area contributed by atoms with Gasteiger partial charge in [0.15, 0.2) is 0 Å². The first-order chi connectivity index (χ1) is 15.9. The van der Waals surface area contributed by atoms with Crippen molar-refractivity contribution in [1.82, 2.24) is 20.3 Å². The lowest BCUT2D eigenvalue weighted by atomic mass is 9.82. The zero-order valence-corrected chi connectivity index (χ0v) is 18.2. The van der Waals surface area contributed by atoms with E-state index in [-0.39, 0.29) is 23.2 Å². The molecule has 4 rings (SSSR count). The molecule has 1 saturated carbocycles. The SMILES string of the molecule is CCCC1CCC1.N#Cc1cnc(CNC=O)c(F)c1.O=c1[nH]c(=O)c2cc(F)ccc2[nH]1. The second-order valence-electron chi connectivity index (χ2n) is 7.45. The van der Waals surface area contributed by atoms with Crippen molar-refractivity contribution < 1.29 is 13.6 Å². The minimum atomic E-state index is -0.593. The number of H-pyrrole nitrogens is 2. The number of nitrogens with one attached hydrogen (secondary N) is 3. The maximum absolute atomic E-state index is 13.0. The molecular formula is C23H25F2N5O3. The van der Waals surface area contributed by atoms with E-state index in [1.54, 1.807) is 6.07 Å². The number of fused-ring (bicyclic) bond motifs is 1. The summed E-state index contributed by atoms with van der Waals surface area (Å²) in [5.74, 6) is 0.0310. The van der Waals surface area contributed by atoms with Crippen molar-refractivity contribution in [2.24, 2.45) is 5.92 Å². The first-order valence-electron chi connectivity index (χ1n) is 10.5. The standard InChI is InChI=1S/C8H6FN3O.C8H5FN2O2.C7H14/c9-7-1-6(2-10)3-12-8(7)4-11-5-13;9-4-1-2-6-5(3-4)7(12)11-8(13)10-6;1-2-4-7-5-3-6-7/h1,3,5H,4H2,(H,11,13);1-3H,(H2,10,11,12,13);7H,2-6H2,1H3. The van der Waals surface area contributed by atoms with E-state index in [4.69, 9.17) is 5.26 Å². The molecule has 0 bridgehead atoms. The average Bonchev–Trinajstić information content (AvgIpc) is 2.77. The third-order valence-electron chi connectivity index (χ3n) is 5.02. The van der Waals surface area contributed by atoms with Crippen molar-refractivity contribution in [3.63, 3.8) is 0 Å². The fourth-order valence-corrected chi connectivity index (χ4v) is 3.12. The van der Waals surface area contributed by atoms with Crippen LogP contribution in [0.3, 0.4) is 0 Å². The van der Waals surface area contributed by atoms with Gasteiger partial charge in [-0.1, -0.05) is 39.0 Å². The molecule has 1 aromatic carbocycles. The second-order valence-corrected chi connectivity index (χ2v) is 7.45. The van der Waals surface area contributed by atoms with Crippen molar-refractivity contribution in [3.05, 3.63) is 74.2 Å². The minimum Gasteiger partial charge on any atom is -0.353 e. The molecule has 0 atom stereocenters. The largest absolute Gasteiger partial charge is 0.353 e. The molecule has 0 aliphatic heterocycles. The molecule has 1 amide bonds. The number of amides is 1. The number of nitriles is 1. The van der Waals surface area contributed by atoms with Gasteiger partial charge >= 0.3 is 5.69 Å². The molecule has 0 unspecified atom stereocenters. The van der Waals surface area contributed by atoms with E-state index < -0.39 is 22.9 Å². The van der Waals surface area contributed by atoms with E-state index in [9.17, 15) is 23.2 Å². The number of aromatic amines is 2. The smallest absolute Gasteiger partial charge is 0.326 e. The Morgan fingerprint density at radius 3 is 2.55 bits per heavy atom. The van der Waals surface area contributed by atoms with E-state index in [1.165, 1.54) is 50.4 Å². The van der Waals surface area contributed by atoms with Crippen molar-refractivity contribution in [2.45, 2.75) is 45.6 Å². The zero-order chi connectivity index (χ0) is 24.2. The van der Waals surface area contributed by atoms with Crippen molar-refractivity contribution in [3.8, 4) is 6.07 Å². The van der Waals surface area contributed by atoms with Gasteiger partial charge in [0.05, 0.1) is 28.7 Å². The predicted molar refractivity (Wildman–Crippen MR) is 119 cm³/mol. The molecular weight excluding hydrogens is 432 g/mol. The Balaban J connectivity index is 0.000000184. The predicted octanol–water partition coefficient (Wildman–Crippen LogP) is 3.28. The third kappa shape index (κ3) is 7.96. The van der Waals surface area contributed by atoms with Gasteiger partial charge in [-0.15, -0.1) is 0 Å². The van der Waals surface area contributed by atoms with Crippen LogP contribution in [0.4, 0.5) is 8.78 Å². The van der Waals surface area contributed by atoms with Gasteiger partial charge in [-0.2, -0.15) is 5.26 Å². The van der Waals surface area contributed by atoms with Crippen molar-refractivity contribution >= 4 is 17.3 Å². The van der Waals surface area contributed by atoms with E-state index in [1.807, 2.05) is 4.98 Å². The Morgan fingerprint density at radius 1 is 1.24 bits per heavy atom. The number of rotatable bonds is 5. The first-order valence-corrected chi connectivity index (χ1v) is 10.5. The molecule has 174 valence electrons. The number of hydrogen-bond donors (Lipinski definition) is 3. The number of pyridine rings is 1. The number of hydrogen-bond acceptors (Lipinski definition) is 5.